The Balaban J connectivity index is 1.71. The molecule has 0 saturated heterocycles. The third-order valence-corrected chi connectivity index (χ3v) is 4.41. The third kappa shape index (κ3) is 6.04. The van der Waals surface area contributed by atoms with Gasteiger partial charge in [0.25, 0.3) is 0 Å². The van der Waals surface area contributed by atoms with Crippen molar-refractivity contribution in [3.63, 3.8) is 0 Å². The molecule has 4 nitrogen and oxygen atoms in total. The van der Waals surface area contributed by atoms with E-state index in [1.807, 2.05) is 0 Å². The van der Waals surface area contributed by atoms with Crippen LogP contribution < -0.4 is 4.74 Å². The topological polar surface area (TPSA) is 52.6 Å². The lowest BCUT2D eigenvalue weighted by Gasteiger charge is -2.07. The zero-order chi connectivity index (χ0) is 18.9. The lowest BCUT2D eigenvalue weighted by atomic mass is 10.1. The molecule has 0 aromatic heterocycles. The molecule has 0 N–H and O–H groups in total. The number of benzene rings is 2. The Hall–Kier alpha value is -2.04. The Morgan fingerprint density at radius 2 is 1.62 bits per heavy atom. The van der Waals surface area contributed by atoms with Gasteiger partial charge in [0.1, 0.15) is 5.75 Å². The molecule has 0 unspecified atom stereocenters. The summed E-state index contributed by atoms with van der Waals surface area (Å²) in [6, 6.07) is 11.7. The molecule has 0 fully saturated rings. The number of ketones is 1. The van der Waals surface area contributed by atoms with Crippen LogP contribution in [0.15, 0.2) is 42.5 Å². The minimum atomic E-state index is -0.347. The molecule has 0 aliphatic carbocycles. The fourth-order valence-electron chi connectivity index (χ4n) is 2.29. The fraction of sp³-hybridized carbons (Fsp3) is 0.300. The predicted octanol–water partition coefficient (Wildman–Crippen LogP) is 5.60. The van der Waals surface area contributed by atoms with E-state index in [0.717, 1.165) is 6.42 Å². The number of unbranched alkanes of at least 4 members (excludes halogenated alkanes) is 1. The summed E-state index contributed by atoms with van der Waals surface area (Å²) in [5.74, 6) is 0.357. The highest BCUT2D eigenvalue weighted by Crippen LogP contribution is 2.23. The number of hydrogen-bond donors (Lipinski definition) is 0. The van der Waals surface area contributed by atoms with Crippen molar-refractivity contribution in [3.8, 4) is 5.75 Å². The molecule has 138 valence electrons. The van der Waals surface area contributed by atoms with Crippen molar-refractivity contribution in [1.29, 1.82) is 0 Å². The van der Waals surface area contributed by atoms with Gasteiger partial charge in [-0.05, 0) is 62.2 Å². The summed E-state index contributed by atoms with van der Waals surface area (Å²) in [6.07, 6.45) is 1.87. The van der Waals surface area contributed by atoms with E-state index in [9.17, 15) is 9.59 Å². The van der Waals surface area contributed by atoms with E-state index in [1.54, 1.807) is 49.4 Å². The second-order valence-corrected chi connectivity index (χ2v) is 6.42. The first-order valence-electron chi connectivity index (χ1n) is 8.39. The van der Waals surface area contributed by atoms with Gasteiger partial charge in [-0.1, -0.05) is 23.2 Å². The highest BCUT2D eigenvalue weighted by molar-refractivity contribution is 6.42. The molecule has 2 rings (SSSR count). The molecule has 2 aromatic carbocycles. The maximum atomic E-state index is 12.1. The zero-order valence-corrected chi connectivity index (χ0v) is 16.0. The first kappa shape index (κ1) is 20.3. The Bertz CT molecular complexity index is 757. The van der Waals surface area contributed by atoms with Gasteiger partial charge < -0.3 is 9.47 Å². The van der Waals surface area contributed by atoms with Gasteiger partial charge in [0, 0.05) is 12.0 Å². The summed E-state index contributed by atoms with van der Waals surface area (Å²) in [7, 11) is 0. The number of carbonyl (C=O) groups excluding carboxylic acids is 2. The van der Waals surface area contributed by atoms with Crippen molar-refractivity contribution in [1.82, 2.24) is 0 Å². The summed E-state index contributed by atoms with van der Waals surface area (Å²) in [5, 5.41) is 0.817. The van der Waals surface area contributed by atoms with Crippen molar-refractivity contribution < 1.29 is 19.1 Å². The lowest BCUT2D eigenvalue weighted by molar-refractivity contribution is 0.0526. The molecule has 0 bridgehead atoms. The Labute approximate surface area is 163 Å². The summed E-state index contributed by atoms with van der Waals surface area (Å²) >= 11 is 11.8. The minimum absolute atomic E-state index is 0.0300. The maximum Gasteiger partial charge on any atom is 0.338 e. The van der Waals surface area contributed by atoms with E-state index in [-0.39, 0.29) is 11.8 Å². The largest absolute Gasteiger partial charge is 0.494 e. The lowest BCUT2D eigenvalue weighted by Crippen LogP contribution is -2.05. The van der Waals surface area contributed by atoms with E-state index in [1.165, 1.54) is 0 Å². The molecule has 0 aliphatic rings. The number of hydrogen-bond acceptors (Lipinski definition) is 4. The first-order valence-corrected chi connectivity index (χ1v) is 9.15. The van der Waals surface area contributed by atoms with Crippen LogP contribution in [0.2, 0.25) is 10.0 Å². The molecule has 26 heavy (non-hydrogen) atoms. The van der Waals surface area contributed by atoms with Gasteiger partial charge >= 0.3 is 5.97 Å². The molecule has 2 aromatic rings. The van der Waals surface area contributed by atoms with Crippen LogP contribution in [0, 0.1) is 0 Å². The van der Waals surface area contributed by atoms with E-state index in [2.05, 4.69) is 0 Å². The molecule has 0 saturated carbocycles. The Kier molecular flexibility index (Phi) is 7.95. The zero-order valence-electron chi connectivity index (χ0n) is 14.5. The van der Waals surface area contributed by atoms with Crippen LogP contribution in [0.3, 0.4) is 0 Å². The molecule has 6 heteroatoms. The number of halogens is 2. The van der Waals surface area contributed by atoms with Gasteiger partial charge in [0.05, 0.1) is 28.8 Å². The van der Waals surface area contributed by atoms with Crippen LogP contribution in [-0.4, -0.2) is 25.0 Å². The molecule has 0 spiro atoms. The predicted molar refractivity (Wildman–Crippen MR) is 103 cm³/mol. The molecular weight excluding hydrogens is 375 g/mol. The van der Waals surface area contributed by atoms with Crippen molar-refractivity contribution in [2.45, 2.75) is 26.2 Å². The average Bonchev–Trinajstić information content (AvgIpc) is 2.64. The molecule has 0 amide bonds. The first-order chi connectivity index (χ1) is 12.5. The van der Waals surface area contributed by atoms with Gasteiger partial charge in [-0.2, -0.15) is 0 Å². The number of esters is 1. The molecule has 0 atom stereocenters. The smallest absolute Gasteiger partial charge is 0.338 e. The number of rotatable bonds is 9. The van der Waals surface area contributed by atoms with Crippen LogP contribution in [0.25, 0.3) is 0 Å². The van der Waals surface area contributed by atoms with Gasteiger partial charge in [-0.15, -0.1) is 0 Å². The summed E-state index contributed by atoms with van der Waals surface area (Å²) < 4.78 is 10.5. The van der Waals surface area contributed by atoms with Gasteiger partial charge in [-0.25, -0.2) is 4.79 Å². The minimum Gasteiger partial charge on any atom is -0.494 e. The Morgan fingerprint density at radius 1 is 0.923 bits per heavy atom. The number of Topliss-reactive ketones (excluding diaryl/α,β-unsaturated/α-hetero) is 1. The van der Waals surface area contributed by atoms with E-state index in [4.69, 9.17) is 32.7 Å². The monoisotopic (exact) mass is 394 g/mol. The Morgan fingerprint density at radius 3 is 2.27 bits per heavy atom. The van der Waals surface area contributed by atoms with Crippen molar-refractivity contribution >= 4 is 35.0 Å². The number of ether oxygens (including phenoxy) is 2. The van der Waals surface area contributed by atoms with Crippen LogP contribution in [0.4, 0.5) is 0 Å². The van der Waals surface area contributed by atoms with Crippen molar-refractivity contribution in [3.05, 3.63) is 63.6 Å². The average molecular weight is 395 g/mol. The van der Waals surface area contributed by atoms with Gasteiger partial charge in [0.2, 0.25) is 0 Å². The molecule has 0 radical (unpaired) electrons. The van der Waals surface area contributed by atoms with E-state index in [0.29, 0.717) is 53.0 Å². The molecular formula is C20H20Cl2O4. The fourth-order valence-corrected chi connectivity index (χ4v) is 2.59. The van der Waals surface area contributed by atoms with Crippen LogP contribution in [-0.2, 0) is 4.74 Å². The second-order valence-electron chi connectivity index (χ2n) is 5.60. The summed E-state index contributed by atoms with van der Waals surface area (Å²) in [4.78, 5) is 23.7. The van der Waals surface area contributed by atoms with Crippen LogP contribution >= 0.6 is 23.2 Å². The quantitative estimate of drug-likeness (QED) is 0.315. The highest BCUT2D eigenvalue weighted by Gasteiger charge is 2.08. The third-order valence-electron chi connectivity index (χ3n) is 3.67. The molecule has 0 aliphatic heterocycles. The maximum absolute atomic E-state index is 12.1. The van der Waals surface area contributed by atoms with Crippen molar-refractivity contribution in [2.75, 3.05) is 13.2 Å². The standard InChI is InChI=1S/C20H20Cl2O4/c1-2-25-20(24)14-6-9-16(10-7-14)26-12-4-3-5-19(23)15-8-11-17(21)18(22)13-15/h6-11,13H,2-5,12H2,1H3. The van der Waals surface area contributed by atoms with Gasteiger partial charge in [-0.3, -0.25) is 4.79 Å². The van der Waals surface area contributed by atoms with E-state index >= 15 is 0 Å². The van der Waals surface area contributed by atoms with Crippen molar-refractivity contribution in [2.24, 2.45) is 0 Å². The van der Waals surface area contributed by atoms with E-state index < -0.39 is 0 Å². The normalized spacial score (nSPS) is 10.4. The van der Waals surface area contributed by atoms with Crippen LogP contribution in [0.1, 0.15) is 46.9 Å². The van der Waals surface area contributed by atoms with Gasteiger partial charge in [0.15, 0.2) is 5.78 Å². The number of carbonyl (C=O) groups is 2. The summed E-state index contributed by atoms with van der Waals surface area (Å²) in [6.45, 7) is 2.60. The van der Waals surface area contributed by atoms with Crippen LogP contribution in [0.5, 0.6) is 5.75 Å². The SMILES string of the molecule is CCOC(=O)c1ccc(OCCCCC(=O)c2ccc(Cl)c(Cl)c2)cc1. The summed E-state index contributed by atoms with van der Waals surface area (Å²) in [5.41, 5.74) is 1.06. The highest BCUT2D eigenvalue weighted by atomic mass is 35.5. The molecule has 0 heterocycles. The second kappa shape index (κ2) is 10.2.